The molecule has 36 heavy (non-hydrogen) atoms. The number of carbonyl (C=O) groups is 1. The standard InChI is InChI=1S/C26H26F4N4O2/c1-13-6-15(31)12-34(11-13)25-14(2)9-32-10-21(25)33-26(35)17-4-5-18(27)23(24(17)30)22-19(28)7-16(36-3)8-20(22)29/h4-5,7-10,13,15H,6,11-12,31H2,1-3H3,(H,33,35)/t13-,15+/m1/s1. The average Bonchev–Trinajstić information content (AvgIpc) is 2.79. The minimum atomic E-state index is -1.40. The van der Waals surface area contributed by atoms with Gasteiger partial charge in [-0.15, -0.1) is 0 Å². The summed E-state index contributed by atoms with van der Waals surface area (Å²) >= 11 is 0. The number of nitrogens with zero attached hydrogens (tertiary/aromatic N) is 2. The highest BCUT2D eigenvalue weighted by Crippen LogP contribution is 2.36. The second-order valence-corrected chi connectivity index (χ2v) is 9.06. The fourth-order valence-corrected chi connectivity index (χ4v) is 4.71. The van der Waals surface area contributed by atoms with E-state index in [-0.39, 0.29) is 11.8 Å². The van der Waals surface area contributed by atoms with Crippen LogP contribution in [-0.2, 0) is 0 Å². The van der Waals surface area contributed by atoms with E-state index < -0.39 is 45.9 Å². The molecular formula is C26H26F4N4O2. The molecule has 0 bridgehead atoms. The van der Waals surface area contributed by atoms with Crippen molar-refractivity contribution in [2.24, 2.45) is 11.7 Å². The van der Waals surface area contributed by atoms with Crippen molar-refractivity contribution in [3.05, 3.63) is 71.1 Å². The van der Waals surface area contributed by atoms with Crippen LogP contribution in [0.1, 0.15) is 29.3 Å². The first-order valence-corrected chi connectivity index (χ1v) is 11.4. The maximum atomic E-state index is 15.4. The number of methoxy groups -OCH3 is 1. The van der Waals surface area contributed by atoms with E-state index in [1.165, 1.54) is 13.3 Å². The number of carbonyl (C=O) groups excluding carboxylic acids is 1. The third kappa shape index (κ3) is 4.86. The van der Waals surface area contributed by atoms with Crippen LogP contribution in [-0.4, -0.2) is 37.1 Å². The molecule has 10 heteroatoms. The van der Waals surface area contributed by atoms with Crippen molar-refractivity contribution in [3.8, 4) is 16.9 Å². The Labute approximate surface area is 206 Å². The van der Waals surface area contributed by atoms with E-state index in [2.05, 4.69) is 17.2 Å². The van der Waals surface area contributed by atoms with Crippen molar-refractivity contribution in [2.75, 3.05) is 30.4 Å². The zero-order valence-corrected chi connectivity index (χ0v) is 20.0. The zero-order valence-electron chi connectivity index (χ0n) is 20.0. The number of ether oxygens (including phenoxy) is 1. The number of piperidine rings is 1. The van der Waals surface area contributed by atoms with Crippen LogP contribution in [0.15, 0.2) is 36.7 Å². The lowest BCUT2D eigenvalue weighted by molar-refractivity contribution is 0.102. The van der Waals surface area contributed by atoms with Crippen molar-refractivity contribution < 1.29 is 27.1 Å². The summed E-state index contributed by atoms with van der Waals surface area (Å²) in [5, 5.41) is 2.63. The monoisotopic (exact) mass is 502 g/mol. The molecule has 1 aromatic heterocycles. The van der Waals surface area contributed by atoms with Gasteiger partial charge >= 0.3 is 0 Å². The number of pyridine rings is 1. The van der Waals surface area contributed by atoms with Crippen molar-refractivity contribution in [3.63, 3.8) is 0 Å². The van der Waals surface area contributed by atoms with Gasteiger partial charge in [-0.2, -0.15) is 0 Å². The predicted molar refractivity (Wildman–Crippen MR) is 129 cm³/mol. The summed E-state index contributed by atoms with van der Waals surface area (Å²) in [4.78, 5) is 19.3. The zero-order chi connectivity index (χ0) is 26.1. The van der Waals surface area contributed by atoms with Crippen molar-refractivity contribution in [2.45, 2.75) is 26.3 Å². The number of anilines is 2. The minimum Gasteiger partial charge on any atom is -0.497 e. The van der Waals surface area contributed by atoms with Gasteiger partial charge in [-0.25, -0.2) is 17.6 Å². The number of hydrogen-bond acceptors (Lipinski definition) is 5. The molecule has 2 aromatic carbocycles. The topological polar surface area (TPSA) is 80.5 Å². The highest BCUT2D eigenvalue weighted by molar-refractivity contribution is 6.07. The molecule has 1 fully saturated rings. The first-order valence-electron chi connectivity index (χ1n) is 11.4. The summed E-state index contributed by atoms with van der Waals surface area (Å²) in [5.41, 5.74) is 5.46. The van der Waals surface area contributed by atoms with Crippen LogP contribution in [0, 0.1) is 36.1 Å². The number of nitrogens with two attached hydrogens (primary N) is 1. The number of hydrogen-bond donors (Lipinski definition) is 2. The molecular weight excluding hydrogens is 476 g/mol. The van der Waals surface area contributed by atoms with Crippen LogP contribution in [0.3, 0.4) is 0 Å². The fraction of sp³-hybridized carbons (Fsp3) is 0.308. The Hall–Kier alpha value is -3.66. The maximum Gasteiger partial charge on any atom is 0.258 e. The van der Waals surface area contributed by atoms with Gasteiger partial charge in [-0.3, -0.25) is 9.78 Å². The Balaban J connectivity index is 1.73. The molecule has 1 aliphatic rings. The molecule has 0 unspecified atom stereocenters. The second-order valence-electron chi connectivity index (χ2n) is 9.06. The van der Waals surface area contributed by atoms with E-state index in [1.807, 2.05) is 11.8 Å². The van der Waals surface area contributed by atoms with Crippen LogP contribution < -0.4 is 20.7 Å². The molecule has 0 aliphatic carbocycles. The van der Waals surface area contributed by atoms with Crippen LogP contribution in [0.4, 0.5) is 28.9 Å². The Morgan fingerprint density at radius 1 is 1.08 bits per heavy atom. The summed E-state index contributed by atoms with van der Waals surface area (Å²) in [6.07, 6.45) is 3.93. The molecule has 0 saturated carbocycles. The minimum absolute atomic E-state index is 0.0590. The third-order valence-corrected chi connectivity index (χ3v) is 6.19. The first kappa shape index (κ1) is 25.4. The number of amides is 1. The van der Waals surface area contributed by atoms with E-state index in [9.17, 15) is 18.0 Å². The summed E-state index contributed by atoms with van der Waals surface area (Å²) in [5.74, 6) is -5.85. The molecule has 3 N–H and O–H groups in total. The van der Waals surface area contributed by atoms with Gasteiger partial charge in [0.25, 0.3) is 5.91 Å². The van der Waals surface area contributed by atoms with Gasteiger partial charge in [0.1, 0.15) is 29.0 Å². The summed E-state index contributed by atoms with van der Waals surface area (Å²) < 4.78 is 64.1. The average molecular weight is 503 g/mol. The Bertz CT molecular complexity index is 1280. The highest BCUT2D eigenvalue weighted by atomic mass is 19.1. The summed E-state index contributed by atoms with van der Waals surface area (Å²) in [6.45, 7) is 5.16. The van der Waals surface area contributed by atoms with E-state index in [0.29, 0.717) is 30.4 Å². The summed E-state index contributed by atoms with van der Waals surface area (Å²) in [7, 11) is 1.20. The van der Waals surface area contributed by atoms with E-state index in [1.54, 1.807) is 6.20 Å². The lowest BCUT2D eigenvalue weighted by Gasteiger charge is -2.38. The number of halogens is 4. The number of benzene rings is 2. The van der Waals surface area contributed by atoms with Gasteiger partial charge in [0, 0.05) is 37.5 Å². The van der Waals surface area contributed by atoms with Crippen LogP contribution in [0.2, 0.25) is 0 Å². The number of aromatic nitrogens is 1. The fourth-order valence-electron chi connectivity index (χ4n) is 4.71. The molecule has 1 saturated heterocycles. The molecule has 2 atom stereocenters. The van der Waals surface area contributed by atoms with Gasteiger partial charge in [0.15, 0.2) is 0 Å². The van der Waals surface area contributed by atoms with Crippen LogP contribution >= 0.6 is 0 Å². The Kier molecular flexibility index (Phi) is 7.16. The first-order chi connectivity index (χ1) is 17.1. The third-order valence-electron chi connectivity index (χ3n) is 6.19. The molecule has 190 valence electrons. The Morgan fingerprint density at radius 3 is 2.42 bits per heavy atom. The van der Waals surface area contributed by atoms with E-state index in [0.717, 1.165) is 36.2 Å². The SMILES string of the molecule is COc1cc(F)c(-c2c(F)ccc(C(=O)Nc3cncc(C)c3N3C[C@H](C)C[C@H](N)C3)c2F)c(F)c1. The van der Waals surface area contributed by atoms with E-state index >= 15 is 4.39 Å². The van der Waals surface area contributed by atoms with Crippen molar-refractivity contribution >= 4 is 17.3 Å². The molecule has 6 nitrogen and oxygen atoms in total. The second kappa shape index (κ2) is 10.1. The van der Waals surface area contributed by atoms with E-state index in [4.69, 9.17) is 10.5 Å². The number of nitrogens with one attached hydrogen (secondary N) is 1. The molecule has 1 amide bonds. The number of aryl methyl sites for hydroxylation is 1. The van der Waals surface area contributed by atoms with Crippen molar-refractivity contribution in [1.29, 1.82) is 0 Å². The van der Waals surface area contributed by atoms with Crippen LogP contribution in [0.5, 0.6) is 5.75 Å². The number of rotatable bonds is 5. The largest absolute Gasteiger partial charge is 0.497 e. The highest BCUT2D eigenvalue weighted by Gasteiger charge is 2.28. The van der Waals surface area contributed by atoms with Gasteiger partial charge in [-0.05, 0) is 37.0 Å². The van der Waals surface area contributed by atoms with Crippen LogP contribution in [0.25, 0.3) is 11.1 Å². The predicted octanol–water partition coefficient (Wildman–Crippen LogP) is 5.05. The maximum absolute atomic E-state index is 15.4. The quantitative estimate of drug-likeness (QED) is 0.478. The molecule has 2 heterocycles. The molecule has 0 spiro atoms. The molecule has 3 aromatic rings. The lowest BCUT2D eigenvalue weighted by Crippen LogP contribution is -2.47. The smallest absolute Gasteiger partial charge is 0.258 e. The normalized spacial score (nSPS) is 17.7. The van der Waals surface area contributed by atoms with Gasteiger partial charge < -0.3 is 20.7 Å². The van der Waals surface area contributed by atoms with Crippen molar-refractivity contribution in [1.82, 2.24) is 4.98 Å². The lowest BCUT2D eigenvalue weighted by atomic mass is 9.95. The Morgan fingerprint density at radius 2 is 1.78 bits per heavy atom. The molecule has 0 radical (unpaired) electrons. The van der Waals surface area contributed by atoms with Gasteiger partial charge in [0.05, 0.1) is 41.4 Å². The van der Waals surface area contributed by atoms with Gasteiger partial charge in [-0.1, -0.05) is 6.92 Å². The summed E-state index contributed by atoms with van der Waals surface area (Å²) in [6, 6.07) is 3.26. The molecule has 4 rings (SSSR count). The van der Waals surface area contributed by atoms with Gasteiger partial charge in [0.2, 0.25) is 0 Å². The molecule has 1 aliphatic heterocycles.